The monoisotopic (exact) mass is 709 g/mol. The van der Waals surface area contributed by atoms with Crippen molar-refractivity contribution in [2.24, 2.45) is 0 Å². The van der Waals surface area contributed by atoms with Crippen LogP contribution >= 0.6 is 11.6 Å². The molecular formula is C35H44ClN7O5S. The van der Waals surface area contributed by atoms with Crippen LogP contribution in [0.4, 0.5) is 23.1 Å². The molecule has 0 aliphatic carbocycles. The van der Waals surface area contributed by atoms with Gasteiger partial charge in [0.15, 0.2) is 21.5 Å². The molecule has 4 aromatic rings. The number of piperidine rings is 1. The predicted octanol–water partition coefficient (Wildman–Crippen LogP) is 6.50. The van der Waals surface area contributed by atoms with E-state index >= 15 is 0 Å². The number of anilines is 4. The normalized spacial score (nSPS) is 17.7. The van der Waals surface area contributed by atoms with Gasteiger partial charge in [0, 0.05) is 36.1 Å². The Kier molecular flexibility index (Phi) is 9.97. The Morgan fingerprint density at radius 2 is 1.78 bits per heavy atom. The molecule has 0 saturated carbocycles. The third-order valence-corrected chi connectivity index (χ3v) is 11.8. The molecule has 2 saturated heterocycles. The molecule has 2 aromatic carbocycles. The summed E-state index contributed by atoms with van der Waals surface area (Å²) in [5.41, 5.74) is 0.881. The van der Waals surface area contributed by atoms with Crippen LogP contribution < -0.4 is 15.4 Å². The molecule has 1 unspecified atom stereocenters. The van der Waals surface area contributed by atoms with Gasteiger partial charge in [-0.1, -0.05) is 23.7 Å². The van der Waals surface area contributed by atoms with Crippen molar-refractivity contribution in [3.05, 3.63) is 53.8 Å². The van der Waals surface area contributed by atoms with Gasteiger partial charge in [0.25, 0.3) is 0 Å². The van der Waals surface area contributed by atoms with Crippen molar-refractivity contribution in [1.29, 1.82) is 0 Å². The van der Waals surface area contributed by atoms with Crippen molar-refractivity contribution < 1.29 is 23.1 Å². The van der Waals surface area contributed by atoms with Gasteiger partial charge in [-0.3, -0.25) is 9.69 Å². The molecule has 1 atom stereocenters. The third kappa shape index (κ3) is 7.15. The van der Waals surface area contributed by atoms with Gasteiger partial charge in [0.05, 0.1) is 39.9 Å². The molecule has 0 radical (unpaired) electrons. The maximum Gasteiger partial charge on any atom is 0.239 e. The highest BCUT2D eigenvalue weighted by Crippen LogP contribution is 2.41. The quantitative estimate of drug-likeness (QED) is 0.167. The molecule has 14 heteroatoms. The lowest BCUT2D eigenvalue weighted by Gasteiger charge is -2.35. The minimum Gasteiger partial charge on any atom is -0.494 e. The van der Waals surface area contributed by atoms with Gasteiger partial charge in [-0.2, -0.15) is 4.98 Å². The molecule has 12 nitrogen and oxygen atoms in total. The van der Waals surface area contributed by atoms with Crippen molar-refractivity contribution in [3.8, 4) is 11.6 Å². The molecular weight excluding hydrogens is 666 g/mol. The first-order valence-corrected chi connectivity index (χ1v) is 18.7. The molecule has 3 N–H and O–H groups in total. The lowest BCUT2D eigenvalue weighted by Crippen LogP contribution is -2.47. The van der Waals surface area contributed by atoms with Crippen molar-refractivity contribution in [1.82, 2.24) is 24.3 Å². The number of carbonyl (C=O) groups is 1. The van der Waals surface area contributed by atoms with Crippen LogP contribution in [0.2, 0.25) is 5.02 Å². The van der Waals surface area contributed by atoms with Crippen LogP contribution in [-0.4, -0.2) is 87.8 Å². The number of ether oxygens (including phenoxy) is 1. The van der Waals surface area contributed by atoms with Crippen LogP contribution in [0.1, 0.15) is 59.4 Å². The number of hydrogen-bond donors (Lipinski definition) is 3. The minimum absolute atomic E-state index is 0.0299. The van der Waals surface area contributed by atoms with Crippen molar-refractivity contribution >= 4 is 61.3 Å². The first-order valence-electron chi connectivity index (χ1n) is 16.8. The number of likely N-dealkylation sites (N-methyl/N-ethyl adjacent to an activating group) is 1. The number of aromatic hydroxyl groups is 1. The zero-order valence-electron chi connectivity index (χ0n) is 28.5. The van der Waals surface area contributed by atoms with E-state index in [0.29, 0.717) is 35.6 Å². The number of amides is 1. The average molecular weight is 710 g/mol. The first kappa shape index (κ1) is 34.8. The van der Waals surface area contributed by atoms with E-state index in [0.717, 1.165) is 37.6 Å². The van der Waals surface area contributed by atoms with E-state index in [1.54, 1.807) is 38.1 Å². The third-order valence-electron chi connectivity index (χ3n) is 9.31. The Morgan fingerprint density at radius 3 is 2.45 bits per heavy atom. The largest absolute Gasteiger partial charge is 0.494 e. The van der Waals surface area contributed by atoms with Gasteiger partial charge in [-0.05, 0) is 91.2 Å². The smallest absolute Gasteiger partial charge is 0.239 e. The minimum atomic E-state index is -3.59. The van der Waals surface area contributed by atoms with E-state index in [-0.39, 0.29) is 51.7 Å². The predicted molar refractivity (Wildman–Crippen MR) is 192 cm³/mol. The summed E-state index contributed by atoms with van der Waals surface area (Å²) < 4.78 is 34.1. The van der Waals surface area contributed by atoms with Crippen LogP contribution in [0.25, 0.3) is 10.8 Å². The summed E-state index contributed by atoms with van der Waals surface area (Å²) in [6.45, 7) is 9.37. The topological polar surface area (TPSA) is 142 Å². The molecule has 6 rings (SSSR count). The molecule has 0 spiro atoms. The van der Waals surface area contributed by atoms with Crippen LogP contribution in [0.15, 0.2) is 53.7 Å². The SMILES string of the molecule is CC(C)Oc1cc2cn(C3CCN(C(=O)C4CCCN4C)CC3)c(O)c2cc1Nc1ncc(Cl)c(Nc2ccccc2S(=O)(=O)C(C)C)n1. The van der Waals surface area contributed by atoms with Crippen molar-refractivity contribution in [2.75, 3.05) is 37.3 Å². The summed E-state index contributed by atoms with van der Waals surface area (Å²) in [5, 5.41) is 18.8. The van der Waals surface area contributed by atoms with E-state index in [1.807, 2.05) is 48.7 Å². The summed E-state index contributed by atoms with van der Waals surface area (Å²) in [6, 6.07) is 10.3. The van der Waals surface area contributed by atoms with Gasteiger partial charge in [-0.15, -0.1) is 0 Å². The molecule has 4 heterocycles. The number of nitrogens with one attached hydrogen (secondary N) is 2. The van der Waals surface area contributed by atoms with Gasteiger partial charge in [0.1, 0.15) is 10.8 Å². The summed E-state index contributed by atoms with van der Waals surface area (Å²) >= 11 is 6.47. The number of rotatable bonds is 10. The maximum absolute atomic E-state index is 13.1. The number of sulfone groups is 1. The van der Waals surface area contributed by atoms with Crippen molar-refractivity contribution in [3.63, 3.8) is 0 Å². The molecule has 1 amide bonds. The van der Waals surface area contributed by atoms with Crippen LogP contribution in [0.5, 0.6) is 11.6 Å². The fourth-order valence-corrected chi connectivity index (χ4v) is 7.95. The first-order chi connectivity index (χ1) is 23.3. The molecule has 2 aliphatic rings. The molecule has 2 aliphatic heterocycles. The number of likely N-dealkylation sites (tertiary alicyclic amines) is 2. The highest BCUT2D eigenvalue weighted by Gasteiger charge is 2.34. The van der Waals surface area contributed by atoms with E-state index in [9.17, 15) is 18.3 Å². The number of halogens is 1. The van der Waals surface area contributed by atoms with E-state index in [1.165, 1.54) is 6.20 Å². The van der Waals surface area contributed by atoms with Gasteiger partial charge in [-0.25, -0.2) is 13.4 Å². The second kappa shape index (κ2) is 14.0. The van der Waals surface area contributed by atoms with Crippen LogP contribution in [-0.2, 0) is 14.6 Å². The molecule has 2 fully saturated rings. The summed E-state index contributed by atoms with van der Waals surface area (Å²) in [6.07, 6.45) is 6.67. The molecule has 262 valence electrons. The fraction of sp³-hybridized carbons (Fsp3) is 0.457. The number of nitrogens with zero attached hydrogens (tertiary/aromatic N) is 5. The zero-order valence-corrected chi connectivity index (χ0v) is 30.1. The Balaban J connectivity index is 1.26. The second-order valence-corrected chi connectivity index (χ2v) is 16.3. The number of carbonyl (C=O) groups excluding carboxylic acids is 1. The second-order valence-electron chi connectivity index (χ2n) is 13.4. The average Bonchev–Trinajstić information content (AvgIpc) is 3.64. The molecule has 0 bridgehead atoms. The lowest BCUT2D eigenvalue weighted by molar-refractivity contribution is -0.136. The lowest BCUT2D eigenvalue weighted by atomic mass is 10.0. The highest BCUT2D eigenvalue weighted by atomic mass is 35.5. The Bertz CT molecular complexity index is 1960. The Labute approximate surface area is 292 Å². The maximum atomic E-state index is 13.1. The van der Waals surface area contributed by atoms with Crippen molar-refractivity contribution in [2.45, 2.75) is 81.7 Å². The number of benzene rings is 2. The van der Waals surface area contributed by atoms with E-state index in [4.69, 9.17) is 16.3 Å². The number of fused-ring (bicyclic) bond motifs is 1. The number of aromatic nitrogens is 3. The standard InChI is InChI=1S/C35H44ClN7O5S/c1-21(2)48-30-17-23-20-43(24-12-15-42(16-13-24)34(45)29-10-8-14-41(29)5)33(44)25(23)18-28(30)39-35-37-19-26(36)32(40-35)38-27-9-6-7-11-31(27)49(46,47)22(3)4/h6-7,9,11,17-22,24,29,44H,8,10,12-16H2,1-5H3,(H2,37,38,39,40). The molecule has 2 aromatic heterocycles. The van der Waals surface area contributed by atoms with E-state index in [2.05, 4.69) is 25.5 Å². The molecule has 49 heavy (non-hydrogen) atoms. The number of hydrogen-bond acceptors (Lipinski definition) is 10. The Morgan fingerprint density at radius 1 is 1.04 bits per heavy atom. The van der Waals surface area contributed by atoms with Crippen LogP contribution in [0, 0.1) is 0 Å². The van der Waals surface area contributed by atoms with Gasteiger partial charge >= 0.3 is 0 Å². The number of para-hydroxylation sites is 1. The summed E-state index contributed by atoms with van der Waals surface area (Å²) in [4.78, 5) is 26.3. The summed E-state index contributed by atoms with van der Waals surface area (Å²) in [7, 11) is -1.57. The van der Waals surface area contributed by atoms with E-state index < -0.39 is 15.1 Å². The highest BCUT2D eigenvalue weighted by molar-refractivity contribution is 7.92. The zero-order chi connectivity index (χ0) is 35.0. The van der Waals surface area contributed by atoms with Gasteiger partial charge in [0.2, 0.25) is 11.9 Å². The summed E-state index contributed by atoms with van der Waals surface area (Å²) in [5.74, 6) is 1.29. The van der Waals surface area contributed by atoms with Crippen LogP contribution in [0.3, 0.4) is 0 Å². The van der Waals surface area contributed by atoms with Gasteiger partial charge < -0.3 is 29.9 Å². The Hall–Kier alpha value is -4.07. The fourth-order valence-electron chi connectivity index (χ4n) is 6.61.